The summed E-state index contributed by atoms with van der Waals surface area (Å²) < 4.78 is 35.4. The summed E-state index contributed by atoms with van der Waals surface area (Å²) in [4.78, 5) is 11.1. The molecule has 0 bridgehead atoms. The van der Waals surface area contributed by atoms with E-state index in [-0.39, 0.29) is 0 Å². The van der Waals surface area contributed by atoms with Gasteiger partial charge in [-0.15, -0.1) is 0 Å². The van der Waals surface area contributed by atoms with Crippen molar-refractivity contribution in [3.63, 3.8) is 0 Å². The van der Waals surface area contributed by atoms with E-state index in [1.807, 2.05) is 0 Å². The summed E-state index contributed by atoms with van der Waals surface area (Å²) in [5, 5.41) is -0.848. The first-order valence-corrected chi connectivity index (χ1v) is 11.9. The largest absolute Gasteiger partial charge is 0.379 e. The fourth-order valence-electron chi connectivity index (χ4n) is 3.29. The standard InChI is InChI=1S/C13H23N3O.C8H10O3S/c1-2-4-13(5-3-1)15-12-14-6-7-16-8-10-17-11-9-16;1-7(12(9,10)11)8-5-3-2-4-6-8/h13H,1-11H2;2-7H,1H3,(H,9,10,11). The summed E-state index contributed by atoms with van der Waals surface area (Å²) in [6, 6.07) is 12.0. The van der Waals surface area contributed by atoms with Gasteiger partial charge in [0, 0.05) is 19.6 Å². The molecule has 1 unspecified atom stereocenters. The van der Waals surface area contributed by atoms with Crippen LogP contribution in [0.3, 0.4) is 0 Å². The molecule has 7 nitrogen and oxygen atoms in total. The van der Waals surface area contributed by atoms with E-state index in [0.717, 1.165) is 39.4 Å². The predicted octanol–water partition coefficient (Wildman–Crippen LogP) is 3.46. The summed E-state index contributed by atoms with van der Waals surface area (Å²) in [6.45, 7) is 7.07. The van der Waals surface area contributed by atoms with Crippen LogP contribution in [0.5, 0.6) is 0 Å². The highest BCUT2D eigenvalue weighted by atomic mass is 32.2. The first-order chi connectivity index (χ1) is 14.0. The van der Waals surface area contributed by atoms with Crippen molar-refractivity contribution in [3.8, 4) is 0 Å². The molecule has 1 saturated carbocycles. The van der Waals surface area contributed by atoms with E-state index >= 15 is 0 Å². The third-order valence-electron chi connectivity index (χ3n) is 5.23. The molecule has 1 aliphatic heterocycles. The van der Waals surface area contributed by atoms with Crippen molar-refractivity contribution in [2.24, 2.45) is 9.98 Å². The zero-order valence-electron chi connectivity index (χ0n) is 17.2. The van der Waals surface area contributed by atoms with Crippen LogP contribution in [-0.2, 0) is 14.9 Å². The van der Waals surface area contributed by atoms with Crippen molar-refractivity contribution in [2.75, 3.05) is 39.4 Å². The Morgan fingerprint density at radius 1 is 1.17 bits per heavy atom. The highest BCUT2D eigenvalue weighted by Crippen LogP contribution is 2.20. The van der Waals surface area contributed by atoms with E-state index in [0.29, 0.717) is 11.6 Å². The van der Waals surface area contributed by atoms with Gasteiger partial charge in [0.25, 0.3) is 10.1 Å². The van der Waals surface area contributed by atoms with Crippen LogP contribution < -0.4 is 0 Å². The minimum atomic E-state index is -3.96. The monoisotopic (exact) mass is 423 g/mol. The molecule has 1 saturated heterocycles. The third kappa shape index (κ3) is 9.65. The van der Waals surface area contributed by atoms with E-state index in [9.17, 15) is 8.42 Å². The number of hydrogen-bond acceptors (Lipinski definition) is 6. The van der Waals surface area contributed by atoms with Crippen molar-refractivity contribution >= 4 is 16.1 Å². The zero-order chi connectivity index (χ0) is 21.0. The Balaban J connectivity index is 0.000000221. The number of morpholine rings is 1. The normalized spacial score (nSPS) is 19.4. The first-order valence-electron chi connectivity index (χ1n) is 10.4. The van der Waals surface area contributed by atoms with Gasteiger partial charge in [-0.2, -0.15) is 8.42 Å². The van der Waals surface area contributed by atoms with E-state index in [1.165, 1.54) is 39.0 Å². The van der Waals surface area contributed by atoms with Crippen molar-refractivity contribution < 1.29 is 17.7 Å². The van der Waals surface area contributed by atoms with E-state index in [1.54, 1.807) is 30.3 Å². The summed E-state index contributed by atoms with van der Waals surface area (Å²) >= 11 is 0. The first kappa shape index (κ1) is 23.7. The van der Waals surface area contributed by atoms with Crippen LogP contribution in [0.1, 0.15) is 49.8 Å². The SMILES string of the molecule is C(=NCCN1CCOCC1)=NC1CCCCC1.CC(c1ccccc1)S(=O)(=O)O. The smallest absolute Gasteiger partial charge is 0.271 e. The maximum atomic E-state index is 10.7. The fourth-order valence-corrected chi connectivity index (χ4v) is 3.80. The molecular weight excluding hydrogens is 390 g/mol. The molecule has 1 N–H and O–H groups in total. The van der Waals surface area contributed by atoms with Crippen LogP contribution in [0.25, 0.3) is 0 Å². The molecule has 29 heavy (non-hydrogen) atoms. The molecule has 162 valence electrons. The van der Waals surface area contributed by atoms with Crippen LogP contribution in [0.15, 0.2) is 40.3 Å². The van der Waals surface area contributed by atoms with Crippen LogP contribution in [0.2, 0.25) is 0 Å². The second kappa shape index (κ2) is 12.9. The molecule has 1 aromatic carbocycles. The highest BCUT2D eigenvalue weighted by molar-refractivity contribution is 7.86. The minimum absolute atomic E-state index is 0.496. The van der Waals surface area contributed by atoms with E-state index in [4.69, 9.17) is 9.29 Å². The van der Waals surface area contributed by atoms with Gasteiger partial charge in [0.05, 0.1) is 31.8 Å². The highest BCUT2D eigenvalue weighted by Gasteiger charge is 2.18. The average molecular weight is 424 g/mol. The van der Waals surface area contributed by atoms with Gasteiger partial charge in [-0.05, 0) is 25.3 Å². The number of rotatable bonds is 6. The molecule has 0 spiro atoms. The fraction of sp³-hybridized carbons (Fsp3) is 0.667. The van der Waals surface area contributed by atoms with Crippen LogP contribution in [0.4, 0.5) is 0 Å². The predicted molar refractivity (Wildman–Crippen MR) is 115 cm³/mol. The maximum absolute atomic E-state index is 10.7. The Labute approximate surface area is 174 Å². The van der Waals surface area contributed by atoms with Crippen LogP contribution >= 0.6 is 0 Å². The van der Waals surface area contributed by atoms with Gasteiger partial charge in [-0.25, -0.2) is 9.98 Å². The van der Waals surface area contributed by atoms with Gasteiger partial charge < -0.3 is 4.74 Å². The Bertz CT molecular complexity index is 736. The Hall–Kier alpha value is -1.57. The topological polar surface area (TPSA) is 91.6 Å². The van der Waals surface area contributed by atoms with E-state index in [2.05, 4.69) is 20.9 Å². The lowest BCUT2D eigenvalue weighted by Gasteiger charge is -2.25. The number of ether oxygens (including phenoxy) is 1. The Morgan fingerprint density at radius 3 is 2.45 bits per heavy atom. The zero-order valence-corrected chi connectivity index (χ0v) is 18.1. The molecular formula is C21H33N3O4S. The molecule has 3 rings (SSSR count). The molecule has 0 radical (unpaired) electrons. The lowest BCUT2D eigenvalue weighted by Crippen LogP contribution is -2.37. The Kier molecular flexibility index (Phi) is 10.5. The lowest BCUT2D eigenvalue weighted by atomic mass is 9.96. The summed E-state index contributed by atoms with van der Waals surface area (Å²) in [5.41, 5.74) is 0.597. The van der Waals surface area contributed by atoms with Gasteiger partial charge in [0.2, 0.25) is 0 Å². The van der Waals surface area contributed by atoms with Gasteiger partial charge in [0.15, 0.2) is 0 Å². The molecule has 1 heterocycles. The lowest BCUT2D eigenvalue weighted by molar-refractivity contribution is 0.0395. The van der Waals surface area contributed by atoms with Gasteiger partial charge in [-0.3, -0.25) is 9.45 Å². The van der Waals surface area contributed by atoms with Crippen LogP contribution in [-0.4, -0.2) is 69.3 Å². The summed E-state index contributed by atoms with van der Waals surface area (Å²) in [7, 11) is -3.96. The van der Waals surface area contributed by atoms with Crippen molar-refractivity contribution in [1.29, 1.82) is 0 Å². The summed E-state index contributed by atoms with van der Waals surface area (Å²) in [5.74, 6) is 0. The van der Waals surface area contributed by atoms with E-state index < -0.39 is 15.4 Å². The second-order valence-corrected chi connectivity index (χ2v) is 9.16. The minimum Gasteiger partial charge on any atom is -0.379 e. The maximum Gasteiger partial charge on any atom is 0.271 e. The van der Waals surface area contributed by atoms with Crippen LogP contribution in [0, 0.1) is 0 Å². The average Bonchev–Trinajstić information content (AvgIpc) is 2.75. The Morgan fingerprint density at radius 2 is 1.83 bits per heavy atom. The van der Waals surface area contributed by atoms with Gasteiger partial charge in [-0.1, -0.05) is 49.6 Å². The molecule has 1 aliphatic carbocycles. The second-order valence-electron chi connectivity index (χ2n) is 7.42. The van der Waals surface area contributed by atoms with Crippen molar-refractivity contribution in [1.82, 2.24) is 4.90 Å². The van der Waals surface area contributed by atoms with Gasteiger partial charge >= 0.3 is 0 Å². The molecule has 2 aliphatic rings. The van der Waals surface area contributed by atoms with Crippen molar-refractivity contribution in [2.45, 2.75) is 50.3 Å². The molecule has 0 amide bonds. The number of aliphatic imine (C=N–C) groups is 2. The van der Waals surface area contributed by atoms with Crippen molar-refractivity contribution in [3.05, 3.63) is 35.9 Å². The van der Waals surface area contributed by atoms with Gasteiger partial charge in [0.1, 0.15) is 5.25 Å². The number of nitrogens with zero attached hydrogens (tertiary/aromatic N) is 3. The summed E-state index contributed by atoms with van der Waals surface area (Å²) in [6.07, 6.45) is 6.48. The molecule has 1 aromatic rings. The number of hydrogen-bond donors (Lipinski definition) is 1. The molecule has 1 atom stereocenters. The molecule has 8 heteroatoms. The quantitative estimate of drug-likeness (QED) is 0.559. The third-order valence-corrected chi connectivity index (χ3v) is 6.40. The number of benzene rings is 1. The molecule has 0 aromatic heterocycles. The molecule has 2 fully saturated rings.